The Morgan fingerprint density at radius 3 is 1.35 bits per heavy atom. The monoisotopic (exact) mass is 270 g/mol. The fraction of sp³-hybridized carbons (Fsp3) is 0.846. The van der Waals surface area contributed by atoms with E-state index in [1.165, 1.54) is 38.5 Å². The van der Waals surface area contributed by atoms with Crippen molar-refractivity contribution in [2.24, 2.45) is 0 Å². The molecule has 0 aromatic rings. The third kappa shape index (κ3) is 3.88. The number of rotatable bonds is 2. The fourth-order valence-electron chi connectivity index (χ4n) is 2.64. The van der Waals surface area contributed by atoms with Gasteiger partial charge >= 0.3 is 0 Å². The van der Waals surface area contributed by atoms with Gasteiger partial charge in [0, 0.05) is 32.6 Å². The molecule has 0 aliphatic carbocycles. The summed E-state index contributed by atoms with van der Waals surface area (Å²) in [6.07, 6.45) is 8.69. The highest BCUT2D eigenvalue weighted by molar-refractivity contribution is 7.82. The lowest BCUT2D eigenvalue weighted by Gasteiger charge is -2.33. The van der Waals surface area contributed by atoms with Crippen molar-refractivity contribution in [3.63, 3.8) is 0 Å². The van der Waals surface area contributed by atoms with Gasteiger partial charge in [0.15, 0.2) is 0 Å². The minimum atomic E-state index is 0.824. The van der Waals surface area contributed by atoms with Crippen molar-refractivity contribution in [1.82, 2.24) is 9.80 Å². The Balaban J connectivity index is 1.78. The van der Waals surface area contributed by atoms with E-state index in [0.29, 0.717) is 0 Å². The Bertz CT molecular complexity index is 251. The number of likely N-dealkylation sites (tertiary alicyclic amines) is 2. The number of thiocarbonyl (C=S) groups is 2. The normalized spacial score (nSPS) is 21.4. The number of nitrogens with zero attached hydrogens (tertiary/aromatic N) is 2. The maximum Gasteiger partial charge on any atom is 0.0847 e. The topological polar surface area (TPSA) is 6.48 Å². The Morgan fingerprint density at radius 1 is 0.647 bits per heavy atom. The SMILES string of the molecule is S=C(CC(=S)N1CCCCC1)N1CCCCC1. The second kappa shape index (κ2) is 6.64. The van der Waals surface area contributed by atoms with Crippen LogP contribution in [0.15, 0.2) is 0 Å². The predicted molar refractivity (Wildman–Crippen MR) is 80.7 cm³/mol. The van der Waals surface area contributed by atoms with Crippen LogP contribution < -0.4 is 0 Å². The third-order valence-corrected chi connectivity index (χ3v) is 4.53. The van der Waals surface area contributed by atoms with Crippen molar-refractivity contribution in [2.45, 2.75) is 44.9 Å². The molecule has 2 saturated heterocycles. The predicted octanol–water partition coefficient (Wildman–Crippen LogP) is 3.00. The number of hydrogen-bond acceptors (Lipinski definition) is 2. The molecule has 0 bridgehead atoms. The Kier molecular flexibility index (Phi) is 5.16. The molecule has 96 valence electrons. The summed E-state index contributed by atoms with van der Waals surface area (Å²) in [5.41, 5.74) is 0. The molecule has 0 aromatic heterocycles. The van der Waals surface area contributed by atoms with Gasteiger partial charge in [0.25, 0.3) is 0 Å². The van der Waals surface area contributed by atoms with E-state index in [0.717, 1.165) is 42.6 Å². The van der Waals surface area contributed by atoms with Crippen LogP contribution in [0.25, 0.3) is 0 Å². The van der Waals surface area contributed by atoms with Crippen LogP contribution in [0.1, 0.15) is 44.9 Å². The average Bonchev–Trinajstić information content (AvgIpc) is 2.40. The average molecular weight is 270 g/mol. The first-order valence-corrected chi connectivity index (χ1v) is 7.64. The maximum absolute atomic E-state index is 5.53. The molecule has 0 atom stereocenters. The van der Waals surface area contributed by atoms with Crippen LogP contribution >= 0.6 is 24.4 Å². The second-order valence-electron chi connectivity index (χ2n) is 5.06. The molecule has 0 N–H and O–H groups in total. The molecule has 2 heterocycles. The molecule has 0 amide bonds. The van der Waals surface area contributed by atoms with Crippen LogP contribution in [0.2, 0.25) is 0 Å². The summed E-state index contributed by atoms with van der Waals surface area (Å²) in [5, 5.41) is 0. The van der Waals surface area contributed by atoms with Gasteiger partial charge in [-0.15, -0.1) is 0 Å². The van der Waals surface area contributed by atoms with Crippen LogP contribution in [0.5, 0.6) is 0 Å². The molecule has 2 aliphatic heterocycles. The molecule has 2 fully saturated rings. The quantitative estimate of drug-likeness (QED) is 0.711. The van der Waals surface area contributed by atoms with Gasteiger partial charge in [-0.05, 0) is 38.5 Å². The summed E-state index contributed by atoms with van der Waals surface area (Å²) in [4.78, 5) is 6.85. The molecule has 0 radical (unpaired) electrons. The summed E-state index contributed by atoms with van der Waals surface area (Å²) in [6.45, 7) is 4.56. The van der Waals surface area contributed by atoms with Gasteiger partial charge in [0.1, 0.15) is 0 Å². The molecule has 17 heavy (non-hydrogen) atoms. The van der Waals surface area contributed by atoms with Crippen molar-refractivity contribution in [3.05, 3.63) is 0 Å². The molecule has 0 spiro atoms. The van der Waals surface area contributed by atoms with E-state index >= 15 is 0 Å². The molecule has 2 aliphatic rings. The zero-order chi connectivity index (χ0) is 12.1. The summed E-state index contributed by atoms with van der Waals surface area (Å²) in [6, 6.07) is 0. The minimum Gasteiger partial charge on any atom is -0.366 e. The molecular formula is C13H22N2S2. The van der Waals surface area contributed by atoms with E-state index < -0.39 is 0 Å². The first kappa shape index (κ1) is 13.2. The molecule has 2 rings (SSSR count). The summed E-state index contributed by atoms with van der Waals surface area (Å²) >= 11 is 11.1. The van der Waals surface area contributed by atoms with Gasteiger partial charge < -0.3 is 9.80 Å². The van der Waals surface area contributed by atoms with E-state index in [1.807, 2.05) is 0 Å². The van der Waals surface area contributed by atoms with Crippen molar-refractivity contribution in [1.29, 1.82) is 0 Å². The highest BCUT2D eigenvalue weighted by atomic mass is 32.1. The van der Waals surface area contributed by atoms with E-state index in [2.05, 4.69) is 9.80 Å². The van der Waals surface area contributed by atoms with Crippen molar-refractivity contribution < 1.29 is 0 Å². The standard InChI is InChI=1S/C13H22N2S2/c16-12(14-7-3-1-4-8-14)11-13(17)15-9-5-2-6-10-15/h1-11H2. The smallest absolute Gasteiger partial charge is 0.0847 e. The second-order valence-corrected chi connectivity index (χ2v) is 6.00. The van der Waals surface area contributed by atoms with E-state index in [9.17, 15) is 0 Å². The minimum absolute atomic E-state index is 0.824. The highest BCUT2D eigenvalue weighted by Crippen LogP contribution is 2.15. The van der Waals surface area contributed by atoms with Crippen LogP contribution in [-0.4, -0.2) is 46.0 Å². The highest BCUT2D eigenvalue weighted by Gasteiger charge is 2.18. The molecular weight excluding hydrogens is 248 g/mol. The van der Waals surface area contributed by atoms with Crippen molar-refractivity contribution in [3.8, 4) is 0 Å². The third-order valence-electron chi connectivity index (χ3n) is 3.72. The number of piperidine rings is 2. The zero-order valence-corrected chi connectivity index (χ0v) is 12.1. The summed E-state index contributed by atoms with van der Waals surface area (Å²) in [7, 11) is 0. The molecule has 0 unspecified atom stereocenters. The van der Waals surface area contributed by atoms with E-state index in [4.69, 9.17) is 24.4 Å². The Hall–Kier alpha value is -0.220. The van der Waals surface area contributed by atoms with Gasteiger partial charge in [-0.25, -0.2) is 0 Å². The molecule has 2 nitrogen and oxygen atoms in total. The van der Waals surface area contributed by atoms with Crippen LogP contribution in [-0.2, 0) is 0 Å². The summed E-state index contributed by atoms with van der Waals surface area (Å²) < 4.78 is 0. The van der Waals surface area contributed by atoms with Gasteiger partial charge in [-0.2, -0.15) is 0 Å². The lowest BCUT2D eigenvalue weighted by Crippen LogP contribution is -2.40. The van der Waals surface area contributed by atoms with E-state index in [-0.39, 0.29) is 0 Å². The van der Waals surface area contributed by atoms with E-state index in [1.54, 1.807) is 0 Å². The Labute approximate surface area is 115 Å². The lowest BCUT2D eigenvalue weighted by molar-refractivity contribution is 0.334. The molecule has 4 heteroatoms. The molecule has 0 aromatic carbocycles. The van der Waals surface area contributed by atoms with Crippen molar-refractivity contribution in [2.75, 3.05) is 26.2 Å². The van der Waals surface area contributed by atoms with Gasteiger partial charge in [-0.1, -0.05) is 24.4 Å². The van der Waals surface area contributed by atoms with Crippen molar-refractivity contribution >= 4 is 34.4 Å². The fourth-order valence-corrected chi connectivity index (χ4v) is 3.37. The summed E-state index contributed by atoms with van der Waals surface area (Å²) in [5.74, 6) is 0. The maximum atomic E-state index is 5.53. The first-order chi connectivity index (χ1) is 8.27. The van der Waals surface area contributed by atoms with Gasteiger partial charge in [0.05, 0.1) is 9.98 Å². The lowest BCUT2D eigenvalue weighted by atomic mass is 10.1. The molecule has 0 saturated carbocycles. The van der Waals surface area contributed by atoms with Gasteiger partial charge in [0.2, 0.25) is 0 Å². The van der Waals surface area contributed by atoms with Crippen LogP contribution in [0.4, 0.5) is 0 Å². The zero-order valence-electron chi connectivity index (χ0n) is 10.5. The number of hydrogen-bond donors (Lipinski definition) is 0. The van der Waals surface area contributed by atoms with Gasteiger partial charge in [-0.3, -0.25) is 0 Å². The largest absolute Gasteiger partial charge is 0.366 e. The van der Waals surface area contributed by atoms with Crippen LogP contribution in [0.3, 0.4) is 0 Å². The van der Waals surface area contributed by atoms with Crippen LogP contribution in [0, 0.1) is 0 Å². The Morgan fingerprint density at radius 2 is 1.00 bits per heavy atom. The first-order valence-electron chi connectivity index (χ1n) is 6.83.